The van der Waals surface area contributed by atoms with Crippen LogP contribution < -0.4 is 5.32 Å². The van der Waals surface area contributed by atoms with Crippen LogP contribution in [0.3, 0.4) is 0 Å². The first-order valence-electron chi connectivity index (χ1n) is 6.75. The van der Waals surface area contributed by atoms with Gasteiger partial charge < -0.3 is 10.3 Å². The quantitative estimate of drug-likeness (QED) is 0.727. The van der Waals surface area contributed by atoms with Gasteiger partial charge in [-0.25, -0.2) is 4.39 Å². The van der Waals surface area contributed by atoms with Crippen molar-refractivity contribution in [2.75, 3.05) is 5.32 Å². The molecule has 0 aliphatic rings. The number of nitrogens with one attached hydrogen (secondary N) is 2. The zero-order valence-corrected chi connectivity index (χ0v) is 11.8. The number of H-pyrrole nitrogens is 1. The molecule has 0 spiro atoms. The van der Waals surface area contributed by atoms with Crippen LogP contribution in [0.2, 0.25) is 0 Å². The third kappa shape index (κ3) is 2.48. The molecule has 1 heterocycles. The second-order valence-electron chi connectivity index (χ2n) is 4.94. The molecule has 3 rings (SSSR count). The first-order chi connectivity index (χ1) is 10.6. The summed E-state index contributed by atoms with van der Waals surface area (Å²) in [7, 11) is 0. The van der Waals surface area contributed by atoms with Crippen molar-refractivity contribution in [3.8, 4) is 0 Å². The van der Waals surface area contributed by atoms with Crippen LogP contribution in [-0.4, -0.2) is 16.7 Å². The number of aromatic amines is 1. The van der Waals surface area contributed by atoms with E-state index in [0.29, 0.717) is 22.2 Å². The summed E-state index contributed by atoms with van der Waals surface area (Å²) in [6, 6.07) is 12.8. The Kier molecular flexibility index (Phi) is 3.47. The summed E-state index contributed by atoms with van der Waals surface area (Å²) in [6.07, 6.45) is 0. The molecule has 0 saturated heterocycles. The molecule has 2 aromatic carbocycles. The highest BCUT2D eigenvalue weighted by Crippen LogP contribution is 2.30. The first-order valence-corrected chi connectivity index (χ1v) is 6.75. The molecule has 0 saturated carbocycles. The Morgan fingerprint density at radius 1 is 1.09 bits per heavy atom. The fraction of sp³-hybridized carbons (Fsp3) is 0.0588. The van der Waals surface area contributed by atoms with Gasteiger partial charge in [0.1, 0.15) is 11.5 Å². The van der Waals surface area contributed by atoms with Gasteiger partial charge in [0, 0.05) is 17.9 Å². The monoisotopic (exact) mass is 296 g/mol. The topological polar surface area (TPSA) is 62.0 Å². The third-order valence-corrected chi connectivity index (χ3v) is 3.32. The van der Waals surface area contributed by atoms with Gasteiger partial charge in [-0.1, -0.05) is 30.3 Å². The molecule has 0 fully saturated rings. The standard InChI is InChI=1S/C17H13FN2O2/c1-10(21)19-15-13-8-7-12(18)9-14(13)20-16(15)17(22)11-5-3-2-4-6-11/h2-9,20H,1H3,(H,19,21). The summed E-state index contributed by atoms with van der Waals surface area (Å²) in [5.41, 5.74) is 1.56. The summed E-state index contributed by atoms with van der Waals surface area (Å²) >= 11 is 0. The number of rotatable bonds is 3. The normalized spacial score (nSPS) is 10.6. The van der Waals surface area contributed by atoms with E-state index in [1.807, 2.05) is 6.07 Å². The number of fused-ring (bicyclic) bond motifs is 1. The number of benzene rings is 2. The van der Waals surface area contributed by atoms with Crippen LogP contribution in [0.15, 0.2) is 48.5 Å². The SMILES string of the molecule is CC(=O)Nc1c(C(=O)c2ccccc2)[nH]c2cc(F)ccc12. The molecule has 5 heteroatoms. The third-order valence-electron chi connectivity index (χ3n) is 3.32. The average Bonchev–Trinajstić information content (AvgIpc) is 2.84. The number of hydrogen-bond donors (Lipinski definition) is 2. The summed E-state index contributed by atoms with van der Waals surface area (Å²) in [6.45, 7) is 1.36. The predicted octanol–water partition coefficient (Wildman–Crippen LogP) is 3.50. The second-order valence-corrected chi connectivity index (χ2v) is 4.94. The maximum atomic E-state index is 13.4. The molecule has 110 valence electrons. The van der Waals surface area contributed by atoms with E-state index < -0.39 is 5.82 Å². The smallest absolute Gasteiger partial charge is 0.221 e. The van der Waals surface area contributed by atoms with E-state index in [-0.39, 0.29) is 17.4 Å². The molecule has 3 aromatic rings. The maximum Gasteiger partial charge on any atom is 0.221 e. The number of carbonyl (C=O) groups excluding carboxylic acids is 2. The van der Waals surface area contributed by atoms with Gasteiger partial charge in [-0.15, -0.1) is 0 Å². The van der Waals surface area contributed by atoms with E-state index in [1.165, 1.54) is 25.1 Å². The Balaban J connectivity index is 2.19. The Bertz CT molecular complexity index is 869. The average molecular weight is 296 g/mol. The highest BCUT2D eigenvalue weighted by atomic mass is 19.1. The molecule has 0 radical (unpaired) electrons. The number of aromatic nitrogens is 1. The highest BCUT2D eigenvalue weighted by Gasteiger charge is 2.20. The van der Waals surface area contributed by atoms with Crippen LogP contribution in [-0.2, 0) is 4.79 Å². The van der Waals surface area contributed by atoms with E-state index in [9.17, 15) is 14.0 Å². The molecule has 0 aliphatic carbocycles. The van der Waals surface area contributed by atoms with Crippen molar-refractivity contribution in [1.29, 1.82) is 0 Å². The van der Waals surface area contributed by atoms with Crippen molar-refractivity contribution >= 4 is 28.3 Å². The van der Waals surface area contributed by atoms with Crippen LogP contribution >= 0.6 is 0 Å². The van der Waals surface area contributed by atoms with Gasteiger partial charge in [0.25, 0.3) is 0 Å². The zero-order valence-electron chi connectivity index (χ0n) is 11.8. The van der Waals surface area contributed by atoms with Crippen molar-refractivity contribution in [2.45, 2.75) is 6.92 Å². The number of carbonyl (C=O) groups is 2. The van der Waals surface area contributed by atoms with Crippen molar-refractivity contribution in [1.82, 2.24) is 4.98 Å². The summed E-state index contributed by atoms with van der Waals surface area (Å²) < 4.78 is 13.4. The first kappa shape index (κ1) is 14.0. The van der Waals surface area contributed by atoms with E-state index >= 15 is 0 Å². The molecular weight excluding hydrogens is 283 g/mol. The van der Waals surface area contributed by atoms with Gasteiger partial charge >= 0.3 is 0 Å². The molecule has 4 nitrogen and oxygen atoms in total. The summed E-state index contributed by atoms with van der Waals surface area (Å²) in [4.78, 5) is 27.0. The van der Waals surface area contributed by atoms with Crippen LogP contribution in [0.4, 0.5) is 10.1 Å². The molecule has 1 amide bonds. The van der Waals surface area contributed by atoms with Gasteiger partial charge in [-0.05, 0) is 18.2 Å². The molecule has 0 atom stereocenters. The molecule has 0 unspecified atom stereocenters. The number of hydrogen-bond acceptors (Lipinski definition) is 2. The molecule has 22 heavy (non-hydrogen) atoms. The highest BCUT2D eigenvalue weighted by molar-refractivity contribution is 6.18. The Labute approximate surface area is 126 Å². The minimum Gasteiger partial charge on any atom is -0.350 e. The molecule has 0 bridgehead atoms. The lowest BCUT2D eigenvalue weighted by atomic mass is 10.1. The van der Waals surface area contributed by atoms with E-state index in [1.54, 1.807) is 24.3 Å². The van der Waals surface area contributed by atoms with Crippen molar-refractivity contribution in [2.24, 2.45) is 0 Å². The second kappa shape index (κ2) is 5.44. The van der Waals surface area contributed by atoms with Crippen LogP contribution in [0.5, 0.6) is 0 Å². The van der Waals surface area contributed by atoms with Crippen LogP contribution in [0.25, 0.3) is 10.9 Å². The van der Waals surface area contributed by atoms with Gasteiger partial charge in [0.2, 0.25) is 11.7 Å². The molecule has 0 aliphatic heterocycles. The Morgan fingerprint density at radius 2 is 1.82 bits per heavy atom. The van der Waals surface area contributed by atoms with E-state index in [2.05, 4.69) is 10.3 Å². The summed E-state index contributed by atoms with van der Waals surface area (Å²) in [5.74, 6) is -0.977. The lowest BCUT2D eigenvalue weighted by molar-refractivity contribution is -0.114. The minimum absolute atomic E-state index is 0.238. The van der Waals surface area contributed by atoms with Crippen molar-refractivity contribution < 1.29 is 14.0 Å². The van der Waals surface area contributed by atoms with Gasteiger partial charge in [0.15, 0.2) is 0 Å². The number of anilines is 1. The summed E-state index contributed by atoms with van der Waals surface area (Å²) in [5, 5.41) is 3.25. The van der Waals surface area contributed by atoms with Gasteiger partial charge in [0.05, 0.1) is 11.2 Å². The van der Waals surface area contributed by atoms with Crippen LogP contribution in [0.1, 0.15) is 23.0 Å². The lowest BCUT2D eigenvalue weighted by Gasteiger charge is -2.04. The predicted molar refractivity (Wildman–Crippen MR) is 82.4 cm³/mol. The Morgan fingerprint density at radius 3 is 2.50 bits per heavy atom. The zero-order chi connectivity index (χ0) is 15.7. The lowest BCUT2D eigenvalue weighted by Crippen LogP contribution is -2.11. The largest absolute Gasteiger partial charge is 0.350 e. The van der Waals surface area contributed by atoms with Gasteiger partial charge in [-0.2, -0.15) is 0 Å². The molecule has 2 N–H and O–H groups in total. The molecule has 1 aromatic heterocycles. The van der Waals surface area contributed by atoms with Crippen LogP contribution in [0, 0.1) is 5.82 Å². The number of halogens is 1. The van der Waals surface area contributed by atoms with Crippen molar-refractivity contribution in [3.05, 3.63) is 65.6 Å². The maximum absolute atomic E-state index is 13.4. The minimum atomic E-state index is -0.415. The van der Waals surface area contributed by atoms with E-state index in [0.717, 1.165) is 0 Å². The number of ketones is 1. The molecular formula is C17H13FN2O2. The van der Waals surface area contributed by atoms with Crippen molar-refractivity contribution in [3.63, 3.8) is 0 Å². The fourth-order valence-corrected chi connectivity index (χ4v) is 2.38. The van der Waals surface area contributed by atoms with Gasteiger partial charge in [-0.3, -0.25) is 9.59 Å². The van der Waals surface area contributed by atoms with E-state index in [4.69, 9.17) is 0 Å². The Hall–Kier alpha value is -2.95. The fourth-order valence-electron chi connectivity index (χ4n) is 2.38. The number of amides is 1.